The first-order valence-electron chi connectivity index (χ1n) is 7.71. The van der Waals surface area contributed by atoms with E-state index in [1.165, 1.54) is 17.7 Å². The van der Waals surface area contributed by atoms with Gasteiger partial charge in [0.25, 0.3) is 0 Å². The Labute approximate surface area is 136 Å². The second kappa shape index (κ2) is 7.18. The zero-order chi connectivity index (χ0) is 17.0. The van der Waals surface area contributed by atoms with E-state index in [2.05, 4.69) is 24.4 Å². The van der Waals surface area contributed by atoms with Crippen molar-refractivity contribution >= 4 is 5.91 Å². The van der Waals surface area contributed by atoms with Crippen LogP contribution in [0.15, 0.2) is 30.3 Å². The molecule has 0 unspecified atom stereocenters. The summed E-state index contributed by atoms with van der Waals surface area (Å²) in [6.07, 6.45) is 0.976. The van der Waals surface area contributed by atoms with Gasteiger partial charge in [-0.3, -0.25) is 4.79 Å². The molecule has 0 saturated carbocycles. The fraction of sp³-hybridized carbons (Fsp3) is 0.316. The van der Waals surface area contributed by atoms with Crippen LogP contribution in [0.5, 0.6) is 11.5 Å². The topological polar surface area (TPSA) is 69.6 Å². The maximum absolute atomic E-state index is 12.1. The van der Waals surface area contributed by atoms with Crippen LogP contribution in [-0.4, -0.2) is 22.7 Å². The molecule has 0 atom stereocenters. The monoisotopic (exact) mass is 313 g/mol. The molecule has 0 radical (unpaired) electrons. The summed E-state index contributed by atoms with van der Waals surface area (Å²) in [7, 11) is 0. The van der Waals surface area contributed by atoms with Crippen LogP contribution >= 0.6 is 0 Å². The molecule has 0 spiro atoms. The number of carbonyl (C=O) groups excluding carboxylic acids is 1. The lowest BCUT2D eigenvalue weighted by Gasteiger charge is -2.12. The standard InChI is InChI=1S/C19H23NO3/c1-12-8-13(2)16(14(3)9-12)11-19(23)20-7-6-15-4-5-17(21)18(22)10-15/h4-5,8-10,21-22H,6-7,11H2,1-3H3,(H,20,23). The third kappa shape index (κ3) is 4.49. The van der Waals surface area contributed by atoms with Crippen molar-refractivity contribution in [2.45, 2.75) is 33.6 Å². The Kier molecular flexibility index (Phi) is 5.27. The molecule has 0 bridgehead atoms. The summed E-state index contributed by atoms with van der Waals surface area (Å²) < 4.78 is 0. The Bertz CT molecular complexity index is 700. The Hall–Kier alpha value is -2.49. The predicted molar refractivity (Wildman–Crippen MR) is 90.8 cm³/mol. The number of hydrogen-bond donors (Lipinski definition) is 3. The summed E-state index contributed by atoms with van der Waals surface area (Å²) in [5.41, 5.74) is 5.43. The molecule has 0 aromatic heterocycles. The largest absolute Gasteiger partial charge is 0.504 e. The zero-order valence-electron chi connectivity index (χ0n) is 13.8. The van der Waals surface area contributed by atoms with E-state index in [0.717, 1.165) is 22.3 Å². The van der Waals surface area contributed by atoms with Gasteiger partial charge < -0.3 is 15.5 Å². The molecule has 3 N–H and O–H groups in total. The quantitative estimate of drug-likeness (QED) is 0.743. The molecule has 4 nitrogen and oxygen atoms in total. The number of carbonyl (C=O) groups is 1. The first-order chi connectivity index (χ1) is 10.9. The number of aryl methyl sites for hydroxylation is 3. The summed E-state index contributed by atoms with van der Waals surface area (Å²) in [5.74, 6) is -0.286. The minimum absolute atomic E-state index is 0.0111. The first kappa shape index (κ1) is 16.9. The van der Waals surface area contributed by atoms with Crippen LogP contribution in [0.2, 0.25) is 0 Å². The lowest BCUT2D eigenvalue weighted by molar-refractivity contribution is -0.120. The summed E-state index contributed by atoms with van der Waals surface area (Å²) in [5, 5.41) is 21.6. The SMILES string of the molecule is Cc1cc(C)c(CC(=O)NCCc2ccc(O)c(O)c2)c(C)c1. The minimum Gasteiger partial charge on any atom is -0.504 e. The molecule has 0 aliphatic carbocycles. The number of phenolic OH excluding ortho intramolecular Hbond substituents is 2. The number of nitrogens with one attached hydrogen (secondary N) is 1. The molecule has 1 amide bonds. The summed E-state index contributed by atoms with van der Waals surface area (Å²) in [6.45, 7) is 6.60. The molecule has 0 aliphatic heterocycles. The van der Waals surface area contributed by atoms with Crippen molar-refractivity contribution in [3.05, 3.63) is 58.1 Å². The van der Waals surface area contributed by atoms with Crippen LogP contribution in [0.1, 0.15) is 27.8 Å². The van der Waals surface area contributed by atoms with Crippen molar-refractivity contribution in [1.82, 2.24) is 5.32 Å². The van der Waals surface area contributed by atoms with Gasteiger partial charge in [-0.1, -0.05) is 23.8 Å². The van der Waals surface area contributed by atoms with Crippen LogP contribution < -0.4 is 5.32 Å². The number of amides is 1. The molecule has 0 aliphatic rings. The highest BCUT2D eigenvalue weighted by atomic mass is 16.3. The molecule has 2 aromatic rings. The van der Waals surface area contributed by atoms with E-state index in [1.54, 1.807) is 6.07 Å². The Morgan fingerprint density at radius 1 is 1.00 bits per heavy atom. The van der Waals surface area contributed by atoms with Gasteiger partial charge in [-0.05, 0) is 61.6 Å². The van der Waals surface area contributed by atoms with Crippen molar-refractivity contribution in [3.8, 4) is 11.5 Å². The van der Waals surface area contributed by atoms with Crippen LogP contribution in [0, 0.1) is 20.8 Å². The zero-order valence-corrected chi connectivity index (χ0v) is 13.8. The third-order valence-corrected chi connectivity index (χ3v) is 3.95. The molecule has 0 saturated heterocycles. The maximum Gasteiger partial charge on any atom is 0.224 e. The second-order valence-electron chi connectivity index (χ2n) is 5.98. The van der Waals surface area contributed by atoms with Gasteiger partial charge in [0.05, 0.1) is 6.42 Å². The molecule has 2 aromatic carbocycles. The average Bonchev–Trinajstić information content (AvgIpc) is 2.46. The number of benzene rings is 2. The molecular weight excluding hydrogens is 290 g/mol. The number of aromatic hydroxyl groups is 2. The average molecular weight is 313 g/mol. The lowest BCUT2D eigenvalue weighted by atomic mass is 9.97. The van der Waals surface area contributed by atoms with Crippen LogP contribution in [0.3, 0.4) is 0 Å². The van der Waals surface area contributed by atoms with Crippen LogP contribution in [-0.2, 0) is 17.6 Å². The molecule has 23 heavy (non-hydrogen) atoms. The number of phenols is 2. The van der Waals surface area contributed by atoms with Gasteiger partial charge in [0.2, 0.25) is 5.91 Å². The highest BCUT2D eigenvalue weighted by Crippen LogP contribution is 2.24. The summed E-state index contributed by atoms with van der Waals surface area (Å²) >= 11 is 0. The Balaban J connectivity index is 1.89. The van der Waals surface area contributed by atoms with Crippen molar-refractivity contribution in [3.63, 3.8) is 0 Å². The molecule has 4 heteroatoms. The third-order valence-electron chi connectivity index (χ3n) is 3.95. The Morgan fingerprint density at radius 3 is 2.26 bits per heavy atom. The van der Waals surface area contributed by atoms with Gasteiger partial charge in [0.1, 0.15) is 0 Å². The lowest BCUT2D eigenvalue weighted by Crippen LogP contribution is -2.27. The smallest absolute Gasteiger partial charge is 0.224 e. The van der Waals surface area contributed by atoms with E-state index < -0.39 is 0 Å². The molecule has 0 heterocycles. The van der Waals surface area contributed by atoms with Gasteiger partial charge in [-0.15, -0.1) is 0 Å². The van der Waals surface area contributed by atoms with Gasteiger partial charge in [0, 0.05) is 6.54 Å². The number of hydrogen-bond acceptors (Lipinski definition) is 3. The predicted octanol–water partition coefficient (Wildman–Crippen LogP) is 2.92. The van der Waals surface area contributed by atoms with E-state index in [9.17, 15) is 15.0 Å². The van der Waals surface area contributed by atoms with Crippen LogP contribution in [0.4, 0.5) is 0 Å². The van der Waals surface area contributed by atoms with Crippen molar-refractivity contribution < 1.29 is 15.0 Å². The molecule has 122 valence electrons. The van der Waals surface area contributed by atoms with Gasteiger partial charge in [-0.2, -0.15) is 0 Å². The molecular formula is C19H23NO3. The minimum atomic E-state index is -0.139. The van der Waals surface area contributed by atoms with E-state index in [0.29, 0.717) is 19.4 Å². The van der Waals surface area contributed by atoms with Gasteiger partial charge in [0.15, 0.2) is 11.5 Å². The summed E-state index contributed by atoms with van der Waals surface area (Å²) in [6, 6.07) is 8.88. The van der Waals surface area contributed by atoms with E-state index in [4.69, 9.17) is 0 Å². The van der Waals surface area contributed by atoms with Crippen molar-refractivity contribution in [1.29, 1.82) is 0 Å². The second-order valence-corrected chi connectivity index (χ2v) is 5.98. The van der Waals surface area contributed by atoms with Crippen molar-refractivity contribution in [2.24, 2.45) is 0 Å². The fourth-order valence-electron chi connectivity index (χ4n) is 2.78. The first-order valence-corrected chi connectivity index (χ1v) is 7.71. The Morgan fingerprint density at radius 2 is 1.65 bits per heavy atom. The fourth-order valence-corrected chi connectivity index (χ4v) is 2.78. The normalized spacial score (nSPS) is 10.6. The highest BCUT2D eigenvalue weighted by molar-refractivity contribution is 5.79. The highest BCUT2D eigenvalue weighted by Gasteiger charge is 2.09. The van der Waals surface area contributed by atoms with Crippen LogP contribution in [0.25, 0.3) is 0 Å². The van der Waals surface area contributed by atoms with E-state index >= 15 is 0 Å². The molecule has 2 rings (SSSR count). The van der Waals surface area contributed by atoms with Gasteiger partial charge >= 0.3 is 0 Å². The molecule has 0 fully saturated rings. The van der Waals surface area contributed by atoms with E-state index in [-0.39, 0.29) is 17.4 Å². The number of rotatable bonds is 5. The summed E-state index contributed by atoms with van der Waals surface area (Å²) in [4.78, 5) is 12.1. The van der Waals surface area contributed by atoms with Gasteiger partial charge in [-0.25, -0.2) is 0 Å². The van der Waals surface area contributed by atoms with E-state index in [1.807, 2.05) is 13.8 Å². The van der Waals surface area contributed by atoms with Crippen molar-refractivity contribution in [2.75, 3.05) is 6.54 Å². The maximum atomic E-state index is 12.1.